The molecule has 0 unspecified atom stereocenters. The lowest BCUT2D eigenvalue weighted by Crippen LogP contribution is -2.10. The molecular formula is C13H18N4. The van der Waals surface area contributed by atoms with Crippen molar-refractivity contribution < 1.29 is 0 Å². The maximum Gasteiger partial charge on any atom is 0.106 e. The van der Waals surface area contributed by atoms with Crippen molar-refractivity contribution in [3.8, 4) is 0 Å². The number of fused-ring (bicyclic) bond motifs is 1. The minimum Gasteiger partial charge on any atom is -0.327 e. The maximum atomic E-state index is 4.69. The Morgan fingerprint density at radius 1 is 1.29 bits per heavy atom. The summed E-state index contributed by atoms with van der Waals surface area (Å²) in [5, 5.41) is 4.22. The van der Waals surface area contributed by atoms with Crippen LogP contribution in [0.15, 0.2) is 12.4 Å². The highest BCUT2D eigenvalue weighted by molar-refractivity contribution is 5.21. The molecule has 90 valence electrons. The quantitative estimate of drug-likeness (QED) is 0.789. The molecule has 4 nitrogen and oxygen atoms in total. The molecule has 0 atom stereocenters. The first-order chi connectivity index (χ1) is 8.24. The third-order valence-electron chi connectivity index (χ3n) is 3.52. The third kappa shape index (κ3) is 1.88. The molecule has 4 heteroatoms. The van der Waals surface area contributed by atoms with Crippen LogP contribution in [0.1, 0.15) is 35.6 Å². The SMILES string of the molecule is Cc1nc2c(n1Cc1cnn(C)c1)CCCC2. The number of imidazole rings is 1. The van der Waals surface area contributed by atoms with Gasteiger partial charge in [-0.05, 0) is 32.6 Å². The Bertz CT molecular complexity index is 536. The monoisotopic (exact) mass is 230 g/mol. The van der Waals surface area contributed by atoms with Crippen molar-refractivity contribution in [3.63, 3.8) is 0 Å². The molecule has 0 amide bonds. The van der Waals surface area contributed by atoms with Crippen LogP contribution in [0.5, 0.6) is 0 Å². The lowest BCUT2D eigenvalue weighted by molar-refractivity contribution is 0.624. The van der Waals surface area contributed by atoms with E-state index in [2.05, 4.69) is 27.8 Å². The topological polar surface area (TPSA) is 35.6 Å². The zero-order valence-corrected chi connectivity index (χ0v) is 10.5. The van der Waals surface area contributed by atoms with Crippen molar-refractivity contribution in [1.82, 2.24) is 19.3 Å². The number of aromatic nitrogens is 4. The Balaban J connectivity index is 1.94. The van der Waals surface area contributed by atoms with Crippen molar-refractivity contribution in [1.29, 1.82) is 0 Å². The van der Waals surface area contributed by atoms with Crippen LogP contribution in [-0.4, -0.2) is 19.3 Å². The second kappa shape index (κ2) is 4.02. The van der Waals surface area contributed by atoms with Gasteiger partial charge in [0.05, 0.1) is 18.4 Å². The summed E-state index contributed by atoms with van der Waals surface area (Å²) in [6, 6.07) is 0. The first kappa shape index (κ1) is 10.6. The summed E-state index contributed by atoms with van der Waals surface area (Å²) in [4.78, 5) is 4.69. The standard InChI is InChI=1S/C13H18N4/c1-10-15-12-5-3-4-6-13(12)17(10)9-11-7-14-16(2)8-11/h7-8H,3-6,9H2,1-2H3. The van der Waals surface area contributed by atoms with Crippen LogP contribution >= 0.6 is 0 Å². The summed E-state index contributed by atoms with van der Waals surface area (Å²) in [6.45, 7) is 3.01. The highest BCUT2D eigenvalue weighted by Gasteiger charge is 2.18. The van der Waals surface area contributed by atoms with Crippen LogP contribution in [-0.2, 0) is 26.4 Å². The molecule has 0 saturated heterocycles. The maximum absolute atomic E-state index is 4.69. The van der Waals surface area contributed by atoms with Crippen molar-refractivity contribution in [3.05, 3.63) is 35.2 Å². The van der Waals surface area contributed by atoms with Crippen LogP contribution in [0.25, 0.3) is 0 Å². The summed E-state index contributed by atoms with van der Waals surface area (Å²) in [5.41, 5.74) is 4.01. The van der Waals surface area contributed by atoms with Crippen molar-refractivity contribution in [2.45, 2.75) is 39.2 Å². The van der Waals surface area contributed by atoms with Gasteiger partial charge in [-0.1, -0.05) is 0 Å². The Hall–Kier alpha value is -1.58. The molecule has 0 saturated carbocycles. The van der Waals surface area contributed by atoms with Gasteiger partial charge in [-0.3, -0.25) is 4.68 Å². The van der Waals surface area contributed by atoms with Crippen molar-refractivity contribution >= 4 is 0 Å². The Morgan fingerprint density at radius 2 is 2.12 bits per heavy atom. The van der Waals surface area contributed by atoms with E-state index in [9.17, 15) is 0 Å². The van der Waals surface area contributed by atoms with E-state index in [0.29, 0.717) is 0 Å². The van der Waals surface area contributed by atoms with Crippen LogP contribution in [0, 0.1) is 6.92 Å². The molecule has 0 N–H and O–H groups in total. The number of aryl methyl sites for hydroxylation is 3. The molecule has 0 spiro atoms. The summed E-state index contributed by atoms with van der Waals surface area (Å²) in [6.07, 6.45) is 8.93. The second-order valence-corrected chi connectivity index (χ2v) is 4.87. The number of nitrogens with zero attached hydrogens (tertiary/aromatic N) is 4. The fourth-order valence-corrected chi connectivity index (χ4v) is 2.68. The van der Waals surface area contributed by atoms with E-state index in [4.69, 9.17) is 0 Å². The van der Waals surface area contributed by atoms with Crippen molar-refractivity contribution in [2.24, 2.45) is 7.05 Å². The molecule has 17 heavy (non-hydrogen) atoms. The number of hydrogen-bond donors (Lipinski definition) is 0. The van der Waals surface area contributed by atoms with E-state index in [1.165, 1.54) is 36.2 Å². The van der Waals surface area contributed by atoms with Crippen LogP contribution < -0.4 is 0 Å². The Labute approximate surface area is 101 Å². The molecule has 0 aromatic carbocycles. The highest BCUT2D eigenvalue weighted by atomic mass is 15.2. The molecule has 3 rings (SSSR count). The van der Waals surface area contributed by atoms with E-state index >= 15 is 0 Å². The summed E-state index contributed by atoms with van der Waals surface area (Å²) in [7, 11) is 1.96. The molecule has 2 aromatic rings. The van der Waals surface area contributed by atoms with Crippen molar-refractivity contribution in [2.75, 3.05) is 0 Å². The zero-order chi connectivity index (χ0) is 11.8. The molecular weight excluding hydrogens is 212 g/mol. The molecule has 1 aliphatic rings. The zero-order valence-electron chi connectivity index (χ0n) is 10.5. The van der Waals surface area contributed by atoms with Gasteiger partial charge < -0.3 is 4.57 Å². The fourth-order valence-electron chi connectivity index (χ4n) is 2.68. The van der Waals surface area contributed by atoms with Gasteiger partial charge in [-0.2, -0.15) is 5.10 Å². The Morgan fingerprint density at radius 3 is 2.88 bits per heavy atom. The van der Waals surface area contributed by atoms with E-state index in [1.807, 2.05) is 17.9 Å². The lowest BCUT2D eigenvalue weighted by Gasteiger charge is -2.14. The predicted octanol–water partition coefficient (Wildman–Crippen LogP) is 1.85. The minimum atomic E-state index is 0.905. The van der Waals surface area contributed by atoms with E-state index < -0.39 is 0 Å². The van der Waals surface area contributed by atoms with Crippen LogP contribution in [0.2, 0.25) is 0 Å². The van der Waals surface area contributed by atoms with E-state index in [0.717, 1.165) is 18.8 Å². The molecule has 1 aliphatic carbocycles. The number of rotatable bonds is 2. The molecule has 0 fully saturated rings. The average Bonchev–Trinajstić information content (AvgIpc) is 2.85. The second-order valence-electron chi connectivity index (χ2n) is 4.87. The van der Waals surface area contributed by atoms with E-state index in [-0.39, 0.29) is 0 Å². The summed E-state index contributed by atoms with van der Waals surface area (Å²) in [5.74, 6) is 1.14. The van der Waals surface area contributed by atoms with Gasteiger partial charge in [0.25, 0.3) is 0 Å². The molecule has 0 bridgehead atoms. The van der Waals surface area contributed by atoms with Gasteiger partial charge in [-0.15, -0.1) is 0 Å². The summed E-state index contributed by atoms with van der Waals surface area (Å²) >= 11 is 0. The van der Waals surface area contributed by atoms with E-state index in [1.54, 1.807) is 0 Å². The lowest BCUT2D eigenvalue weighted by atomic mass is 10.0. The molecule has 2 heterocycles. The van der Waals surface area contributed by atoms with Gasteiger partial charge in [0.1, 0.15) is 5.82 Å². The predicted molar refractivity (Wildman–Crippen MR) is 65.9 cm³/mol. The first-order valence-electron chi connectivity index (χ1n) is 6.26. The highest BCUT2D eigenvalue weighted by Crippen LogP contribution is 2.22. The molecule has 0 aliphatic heterocycles. The average molecular weight is 230 g/mol. The summed E-state index contributed by atoms with van der Waals surface area (Å²) < 4.78 is 4.21. The van der Waals surface area contributed by atoms with Gasteiger partial charge >= 0.3 is 0 Å². The first-order valence-corrected chi connectivity index (χ1v) is 6.26. The fraction of sp³-hybridized carbons (Fsp3) is 0.538. The van der Waals surface area contributed by atoms with Crippen LogP contribution in [0.4, 0.5) is 0 Å². The Kier molecular flexibility index (Phi) is 2.50. The third-order valence-corrected chi connectivity index (χ3v) is 3.52. The van der Waals surface area contributed by atoms with Gasteiger partial charge in [-0.25, -0.2) is 4.98 Å². The van der Waals surface area contributed by atoms with Gasteiger partial charge in [0.2, 0.25) is 0 Å². The number of hydrogen-bond acceptors (Lipinski definition) is 2. The smallest absolute Gasteiger partial charge is 0.106 e. The minimum absolute atomic E-state index is 0.905. The molecule has 2 aromatic heterocycles. The normalized spacial score (nSPS) is 14.9. The largest absolute Gasteiger partial charge is 0.327 e. The van der Waals surface area contributed by atoms with Gasteiger partial charge in [0.15, 0.2) is 0 Å². The van der Waals surface area contributed by atoms with Crippen LogP contribution in [0.3, 0.4) is 0 Å². The molecule has 0 radical (unpaired) electrons. The van der Waals surface area contributed by atoms with Gasteiger partial charge in [0, 0.05) is 24.5 Å².